The van der Waals surface area contributed by atoms with Crippen molar-refractivity contribution in [2.24, 2.45) is 0 Å². The number of hydrogen-bond acceptors (Lipinski definition) is 4. The Balaban J connectivity index is 2.28. The van der Waals surface area contributed by atoms with Crippen molar-refractivity contribution in [2.75, 3.05) is 31.2 Å². The predicted octanol–water partition coefficient (Wildman–Crippen LogP) is 1.60. The zero-order chi connectivity index (χ0) is 15.2. The lowest BCUT2D eigenvalue weighted by Gasteiger charge is -2.36. The smallest absolute Gasteiger partial charge is 0.245 e. The molecule has 1 aliphatic heterocycles. The zero-order valence-corrected chi connectivity index (χ0v) is 12.6. The first-order valence-electron chi connectivity index (χ1n) is 7.30. The van der Waals surface area contributed by atoms with E-state index >= 15 is 0 Å². The van der Waals surface area contributed by atoms with Crippen molar-refractivity contribution in [3.63, 3.8) is 0 Å². The molecule has 1 amide bonds. The van der Waals surface area contributed by atoms with Crippen molar-refractivity contribution in [1.82, 2.24) is 5.32 Å². The van der Waals surface area contributed by atoms with Gasteiger partial charge in [-0.15, -0.1) is 0 Å². The fraction of sp³-hybridized carbons (Fsp3) is 0.500. The molecule has 2 rings (SSSR count). The number of nitrogens with one attached hydrogen (secondary N) is 1. The summed E-state index contributed by atoms with van der Waals surface area (Å²) < 4.78 is 5.45. The Bertz CT molecular complexity index is 551. The van der Waals surface area contributed by atoms with Crippen molar-refractivity contribution in [2.45, 2.75) is 26.3 Å². The highest BCUT2D eigenvalue weighted by Gasteiger charge is 2.30. The van der Waals surface area contributed by atoms with Crippen LogP contribution in [0.3, 0.4) is 0 Å². The van der Waals surface area contributed by atoms with Crippen LogP contribution in [0.5, 0.6) is 0 Å². The topological polar surface area (TPSA) is 65.4 Å². The van der Waals surface area contributed by atoms with E-state index in [4.69, 9.17) is 4.74 Å². The molecule has 5 heteroatoms. The Morgan fingerprint density at radius 1 is 1.57 bits per heavy atom. The van der Waals surface area contributed by atoms with Gasteiger partial charge in [-0.25, -0.2) is 0 Å². The zero-order valence-electron chi connectivity index (χ0n) is 12.6. The normalized spacial score (nSPS) is 18.1. The van der Waals surface area contributed by atoms with Gasteiger partial charge in [0.15, 0.2) is 0 Å². The Morgan fingerprint density at radius 2 is 2.38 bits per heavy atom. The number of aryl methyl sites for hydroxylation is 1. The minimum Gasteiger partial charge on any atom is -0.377 e. The van der Waals surface area contributed by atoms with Gasteiger partial charge in [0.2, 0.25) is 5.91 Å². The highest BCUT2D eigenvalue weighted by atomic mass is 16.5. The lowest BCUT2D eigenvalue weighted by atomic mass is 10.1. The second-order valence-corrected chi connectivity index (χ2v) is 5.21. The van der Waals surface area contributed by atoms with Crippen LogP contribution in [-0.2, 0) is 9.53 Å². The number of carbonyl (C=O) groups excluding carboxylic acids is 1. The summed E-state index contributed by atoms with van der Waals surface area (Å²) in [5.41, 5.74) is 2.48. The molecule has 1 aromatic carbocycles. The Labute approximate surface area is 125 Å². The first kappa shape index (κ1) is 15.3. The van der Waals surface area contributed by atoms with Gasteiger partial charge in [0.05, 0.1) is 24.5 Å². The predicted molar refractivity (Wildman–Crippen MR) is 81.1 cm³/mol. The highest BCUT2D eigenvalue weighted by Crippen LogP contribution is 2.25. The minimum absolute atomic E-state index is 0.0399. The molecule has 1 unspecified atom stereocenters. The molecule has 1 heterocycles. The minimum atomic E-state index is -0.376. The van der Waals surface area contributed by atoms with E-state index in [1.165, 1.54) is 0 Å². The lowest BCUT2D eigenvalue weighted by Crippen LogP contribution is -2.54. The van der Waals surface area contributed by atoms with Gasteiger partial charge >= 0.3 is 0 Å². The molecule has 0 radical (unpaired) electrons. The van der Waals surface area contributed by atoms with Crippen molar-refractivity contribution in [1.29, 1.82) is 5.26 Å². The van der Waals surface area contributed by atoms with Gasteiger partial charge in [-0.2, -0.15) is 5.26 Å². The van der Waals surface area contributed by atoms with Gasteiger partial charge in [0.25, 0.3) is 0 Å². The third-order valence-electron chi connectivity index (χ3n) is 3.56. The number of rotatable bonds is 4. The fourth-order valence-electron chi connectivity index (χ4n) is 2.45. The summed E-state index contributed by atoms with van der Waals surface area (Å²) in [7, 11) is 0. The van der Waals surface area contributed by atoms with E-state index in [-0.39, 0.29) is 11.9 Å². The van der Waals surface area contributed by atoms with Gasteiger partial charge in [-0.1, -0.05) is 13.0 Å². The number of amides is 1. The molecular formula is C16H21N3O2. The summed E-state index contributed by atoms with van der Waals surface area (Å²) in [6.45, 7) is 6.19. The third-order valence-corrected chi connectivity index (χ3v) is 3.56. The van der Waals surface area contributed by atoms with Crippen molar-refractivity contribution >= 4 is 11.6 Å². The van der Waals surface area contributed by atoms with E-state index in [1.54, 1.807) is 6.07 Å². The molecular weight excluding hydrogens is 266 g/mol. The van der Waals surface area contributed by atoms with Crippen LogP contribution in [-0.4, -0.2) is 38.3 Å². The number of nitrogens with zero attached hydrogens (tertiary/aromatic N) is 2. The van der Waals surface area contributed by atoms with Crippen LogP contribution in [0.4, 0.5) is 5.69 Å². The van der Waals surface area contributed by atoms with Crippen LogP contribution in [0.25, 0.3) is 0 Å². The van der Waals surface area contributed by atoms with Crippen molar-refractivity contribution in [3.8, 4) is 6.07 Å². The maximum Gasteiger partial charge on any atom is 0.245 e. The summed E-state index contributed by atoms with van der Waals surface area (Å²) in [5.74, 6) is -0.0399. The third kappa shape index (κ3) is 3.53. The molecule has 0 spiro atoms. The molecule has 1 aliphatic rings. The van der Waals surface area contributed by atoms with E-state index in [0.717, 1.165) is 17.7 Å². The first-order chi connectivity index (χ1) is 10.2. The largest absolute Gasteiger partial charge is 0.377 e. The van der Waals surface area contributed by atoms with Crippen molar-refractivity contribution < 1.29 is 9.53 Å². The Morgan fingerprint density at radius 3 is 3.10 bits per heavy atom. The Kier molecular flexibility index (Phi) is 5.18. The average molecular weight is 287 g/mol. The summed E-state index contributed by atoms with van der Waals surface area (Å²) in [4.78, 5) is 14.3. The maximum absolute atomic E-state index is 12.3. The van der Waals surface area contributed by atoms with Gasteiger partial charge < -0.3 is 15.0 Å². The number of carbonyl (C=O) groups is 1. The fourth-order valence-corrected chi connectivity index (χ4v) is 2.45. The molecule has 1 atom stereocenters. The second kappa shape index (κ2) is 7.09. The SMILES string of the molecule is CCCNC(=O)C1COCCN1c1cc(C)ccc1C#N. The number of ether oxygens (including phenoxy) is 1. The maximum atomic E-state index is 12.3. The van der Waals surface area contributed by atoms with Crippen LogP contribution in [0.1, 0.15) is 24.5 Å². The average Bonchev–Trinajstić information content (AvgIpc) is 2.52. The molecule has 0 aromatic heterocycles. The van der Waals surface area contributed by atoms with Crippen LogP contribution in [0, 0.1) is 18.3 Å². The van der Waals surface area contributed by atoms with E-state index in [9.17, 15) is 10.1 Å². The van der Waals surface area contributed by atoms with Crippen LogP contribution in [0.15, 0.2) is 18.2 Å². The molecule has 1 N–H and O–H groups in total. The number of hydrogen-bond donors (Lipinski definition) is 1. The standard InChI is InChI=1S/C16H21N3O2/c1-3-6-18-16(20)15-11-21-8-7-19(15)14-9-12(2)4-5-13(14)10-17/h4-5,9,15H,3,6-8,11H2,1-2H3,(H,18,20). The summed E-state index contributed by atoms with van der Waals surface area (Å²) >= 11 is 0. The highest BCUT2D eigenvalue weighted by molar-refractivity contribution is 5.86. The molecule has 1 fully saturated rings. The van der Waals surface area contributed by atoms with E-state index < -0.39 is 0 Å². The van der Waals surface area contributed by atoms with Crippen LogP contribution in [0.2, 0.25) is 0 Å². The number of anilines is 1. The second-order valence-electron chi connectivity index (χ2n) is 5.21. The van der Waals surface area contributed by atoms with Crippen LogP contribution < -0.4 is 10.2 Å². The summed E-state index contributed by atoms with van der Waals surface area (Å²) in [6.07, 6.45) is 0.896. The monoisotopic (exact) mass is 287 g/mol. The summed E-state index contributed by atoms with van der Waals surface area (Å²) in [6, 6.07) is 7.51. The quantitative estimate of drug-likeness (QED) is 0.913. The van der Waals surface area contributed by atoms with Gasteiger partial charge in [0.1, 0.15) is 12.1 Å². The number of benzene rings is 1. The molecule has 0 aliphatic carbocycles. The molecule has 0 saturated carbocycles. The van der Waals surface area contributed by atoms with Gasteiger partial charge in [-0.05, 0) is 31.0 Å². The molecule has 1 aromatic rings. The summed E-state index contributed by atoms with van der Waals surface area (Å²) in [5, 5.41) is 12.2. The molecule has 21 heavy (non-hydrogen) atoms. The van der Waals surface area contributed by atoms with Crippen molar-refractivity contribution in [3.05, 3.63) is 29.3 Å². The number of morpholine rings is 1. The Hall–Kier alpha value is -2.06. The van der Waals surface area contributed by atoms with E-state index in [0.29, 0.717) is 31.9 Å². The van der Waals surface area contributed by atoms with Crippen LogP contribution >= 0.6 is 0 Å². The molecule has 0 bridgehead atoms. The molecule has 112 valence electrons. The van der Waals surface area contributed by atoms with Gasteiger partial charge in [0, 0.05) is 13.1 Å². The van der Waals surface area contributed by atoms with E-state index in [2.05, 4.69) is 11.4 Å². The van der Waals surface area contributed by atoms with E-state index in [1.807, 2.05) is 30.9 Å². The molecule has 5 nitrogen and oxygen atoms in total. The lowest BCUT2D eigenvalue weighted by molar-refractivity contribution is -0.124. The van der Waals surface area contributed by atoms with Gasteiger partial charge in [-0.3, -0.25) is 4.79 Å². The number of nitriles is 1. The molecule has 1 saturated heterocycles. The first-order valence-corrected chi connectivity index (χ1v) is 7.30.